The van der Waals surface area contributed by atoms with Gasteiger partial charge in [0.25, 0.3) is 5.91 Å². The molecule has 0 unspecified atom stereocenters. The second-order valence-corrected chi connectivity index (χ2v) is 9.16. The number of aryl methyl sites for hydroxylation is 1. The van der Waals surface area contributed by atoms with Gasteiger partial charge in [-0.05, 0) is 24.3 Å². The number of amides is 1. The summed E-state index contributed by atoms with van der Waals surface area (Å²) in [6.07, 6.45) is 2.08. The Morgan fingerprint density at radius 1 is 1.11 bits per heavy atom. The summed E-state index contributed by atoms with van der Waals surface area (Å²) in [5, 5.41) is 14.4. The zero-order valence-electron chi connectivity index (χ0n) is 19.6. The van der Waals surface area contributed by atoms with Crippen LogP contribution in [0.3, 0.4) is 0 Å². The standard InChI is InChI=1S/C26H30FN5O3/c1-30-17-28-16-22(30)26(34)29-21-15-23(35-20-9-5-6-18(27)14-20)25(33)24(21)32-12-10-31(11-13-32)19-7-3-2-4-8-19/h2-9,14,16-17,21,23-25,33H,10-13,15H2,1H3,(H,29,34)/t21-,23-,24+,25+/m1/s1. The number of anilines is 1. The third-order valence-electron chi connectivity index (χ3n) is 6.94. The van der Waals surface area contributed by atoms with Crippen molar-refractivity contribution in [2.24, 2.45) is 7.05 Å². The number of hydrogen-bond acceptors (Lipinski definition) is 6. The first-order chi connectivity index (χ1) is 17.0. The van der Waals surface area contributed by atoms with Crippen molar-refractivity contribution in [3.05, 3.63) is 78.6 Å². The van der Waals surface area contributed by atoms with Crippen molar-refractivity contribution in [2.75, 3.05) is 31.1 Å². The highest BCUT2D eigenvalue weighted by Crippen LogP contribution is 2.31. The van der Waals surface area contributed by atoms with Crippen molar-refractivity contribution in [1.29, 1.82) is 0 Å². The molecule has 0 bridgehead atoms. The van der Waals surface area contributed by atoms with Crippen molar-refractivity contribution in [1.82, 2.24) is 19.8 Å². The van der Waals surface area contributed by atoms with Crippen LogP contribution in [0.4, 0.5) is 10.1 Å². The highest BCUT2D eigenvalue weighted by Gasteiger charge is 2.48. The average molecular weight is 480 g/mol. The number of aliphatic hydroxyl groups is 1. The van der Waals surface area contributed by atoms with E-state index in [0.717, 1.165) is 26.2 Å². The maximum atomic E-state index is 13.7. The molecule has 2 N–H and O–H groups in total. The molecule has 1 amide bonds. The summed E-state index contributed by atoms with van der Waals surface area (Å²) in [4.78, 5) is 21.6. The van der Waals surface area contributed by atoms with E-state index in [1.165, 1.54) is 24.0 Å². The molecule has 1 aliphatic carbocycles. The van der Waals surface area contributed by atoms with E-state index in [9.17, 15) is 14.3 Å². The van der Waals surface area contributed by atoms with E-state index in [4.69, 9.17) is 4.74 Å². The van der Waals surface area contributed by atoms with Gasteiger partial charge in [0.1, 0.15) is 29.5 Å². The molecule has 0 radical (unpaired) electrons. The Bertz CT molecular complexity index is 1150. The second-order valence-electron chi connectivity index (χ2n) is 9.16. The van der Waals surface area contributed by atoms with Gasteiger partial charge in [0.2, 0.25) is 0 Å². The number of para-hydroxylation sites is 1. The lowest BCUT2D eigenvalue weighted by Gasteiger charge is -2.42. The van der Waals surface area contributed by atoms with Crippen LogP contribution in [0.25, 0.3) is 0 Å². The van der Waals surface area contributed by atoms with E-state index in [0.29, 0.717) is 17.9 Å². The first-order valence-corrected chi connectivity index (χ1v) is 11.9. The molecule has 2 fully saturated rings. The molecule has 1 aliphatic heterocycles. The van der Waals surface area contributed by atoms with Crippen LogP contribution < -0.4 is 15.0 Å². The van der Waals surface area contributed by atoms with Crippen molar-refractivity contribution in [3.8, 4) is 5.75 Å². The first kappa shape index (κ1) is 23.3. The normalized spacial score (nSPS) is 24.9. The summed E-state index contributed by atoms with van der Waals surface area (Å²) in [5.74, 6) is -0.286. The predicted molar refractivity (Wildman–Crippen MR) is 130 cm³/mol. The van der Waals surface area contributed by atoms with Crippen LogP contribution in [0, 0.1) is 5.82 Å². The summed E-state index contributed by atoms with van der Waals surface area (Å²) in [5.41, 5.74) is 1.62. The van der Waals surface area contributed by atoms with Crippen LogP contribution in [-0.4, -0.2) is 75.9 Å². The number of imidazole rings is 1. The van der Waals surface area contributed by atoms with E-state index in [1.54, 1.807) is 30.1 Å². The number of hydrogen-bond donors (Lipinski definition) is 2. The maximum absolute atomic E-state index is 13.7. The van der Waals surface area contributed by atoms with Gasteiger partial charge in [0.05, 0.1) is 24.6 Å². The summed E-state index contributed by atoms with van der Waals surface area (Å²) in [6.45, 7) is 3.10. The van der Waals surface area contributed by atoms with Crippen LogP contribution in [0.5, 0.6) is 5.75 Å². The molecule has 1 saturated heterocycles. The van der Waals surface area contributed by atoms with Gasteiger partial charge >= 0.3 is 0 Å². The molecule has 5 rings (SSSR count). The van der Waals surface area contributed by atoms with Crippen LogP contribution >= 0.6 is 0 Å². The fourth-order valence-corrected chi connectivity index (χ4v) is 5.17. The van der Waals surface area contributed by atoms with E-state index < -0.39 is 18.0 Å². The topological polar surface area (TPSA) is 82.9 Å². The number of aliphatic hydroxyl groups excluding tert-OH is 1. The SMILES string of the molecule is Cn1cncc1C(=O)N[C@@H]1C[C@@H](Oc2cccc(F)c2)[C@H](O)[C@H]1N1CCN(c2ccccc2)CC1. The molecule has 3 aromatic rings. The van der Waals surface area contributed by atoms with Gasteiger partial charge in [-0.1, -0.05) is 24.3 Å². The largest absolute Gasteiger partial charge is 0.487 e. The second kappa shape index (κ2) is 10.1. The maximum Gasteiger partial charge on any atom is 0.269 e. The third-order valence-corrected chi connectivity index (χ3v) is 6.94. The van der Waals surface area contributed by atoms with Crippen LogP contribution in [-0.2, 0) is 7.05 Å². The molecule has 1 aromatic heterocycles. The van der Waals surface area contributed by atoms with Crippen molar-refractivity contribution < 1.29 is 19.0 Å². The lowest BCUT2D eigenvalue weighted by Crippen LogP contribution is -2.59. The summed E-state index contributed by atoms with van der Waals surface area (Å²) in [7, 11) is 1.77. The lowest BCUT2D eigenvalue weighted by molar-refractivity contribution is 0.00527. The molecule has 35 heavy (non-hydrogen) atoms. The zero-order chi connectivity index (χ0) is 24.4. The third kappa shape index (κ3) is 5.01. The fraction of sp³-hybridized carbons (Fsp3) is 0.385. The summed E-state index contributed by atoms with van der Waals surface area (Å²) in [6, 6.07) is 15.5. The van der Waals surface area contributed by atoms with Crippen LogP contribution in [0.2, 0.25) is 0 Å². The lowest BCUT2D eigenvalue weighted by atomic mass is 10.1. The number of carbonyl (C=O) groups is 1. The van der Waals surface area contributed by atoms with E-state index in [-0.39, 0.29) is 18.0 Å². The van der Waals surface area contributed by atoms with Gasteiger partial charge in [-0.25, -0.2) is 9.37 Å². The van der Waals surface area contributed by atoms with Crippen molar-refractivity contribution >= 4 is 11.6 Å². The number of nitrogens with zero attached hydrogens (tertiary/aromatic N) is 4. The predicted octanol–water partition coefficient (Wildman–Crippen LogP) is 2.06. The number of nitrogens with one attached hydrogen (secondary N) is 1. The molecule has 2 heterocycles. The quantitative estimate of drug-likeness (QED) is 0.563. The highest BCUT2D eigenvalue weighted by molar-refractivity contribution is 5.92. The molecule has 8 nitrogen and oxygen atoms in total. The van der Waals surface area contributed by atoms with E-state index in [2.05, 4.69) is 32.2 Å². The Balaban J connectivity index is 1.33. The van der Waals surface area contributed by atoms with Crippen molar-refractivity contribution in [3.63, 3.8) is 0 Å². The summed E-state index contributed by atoms with van der Waals surface area (Å²) >= 11 is 0. The van der Waals surface area contributed by atoms with Gasteiger partial charge < -0.3 is 24.6 Å². The number of rotatable bonds is 6. The molecule has 9 heteroatoms. The molecule has 4 atom stereocenters. The van der Waals surface area contributed by atoms with Gasteiger partial charge in [-0.2, -0.15) is 0 Å². The molecule has 1 saturated carbocycles. The van der Waals surface area contributed by atoms with Gasteiger partial charge in [-0.3, -0.25) is 9.69 Å². The molecule has 2 aromatic carbocycles. The highest BCUT2D eigenvalue weighted by atomic mass is 19.1. The number of carbonyl (C=O) groups excluding carboxylic acids is 1. The number of benzene rings is 2. The van der Waals surface area contributed by atoms with Gasteiger partial charge in [-0.15, -0.1) is 0 Å². The number of aromatic nitrogens is 2. The molecule has 0 spiro atoms. The van der Waals surface area contributed by atoms with E-state index in [1.807, 2.05) is 18.2 Å². The average Bonchev–Trinajstić information content (AvgIpc) is 3.42. The summed E-state index contributed by atoms with van der Waals surface area (Å²) < 4.78 is 21.4. The van der Waals surface area contributed by atoms with Crippen LogP contribution in [0.1, 0.15) is 16.9 Å². The first-order valence-electron chi connectivity index (χ1n) is 11.9. The minimum absolute atomic E-state index is 0.249. The Labute approximate surface area is 203 Å². The molecular formula is C26H30FN5O3. The fourth-order valence-electron chi connectivity index (χ4n) is 5.17. The Morgan fingerprint density at radius 2 is 1.89 bits per heavy atom. The van der Waals surface area contributed by atoms with Crippen LogP contribution in [0.15, 0.2) is 67.1 Å². The number of piperazine rings is 1. The minimum atomic E-state index is -0.849. The Kier molecular flexibility index (Phi) is 6.70. The number of halogens is 1. The Morgan fingerprint density at radius 3 is 2.57 bits per heavy atom. The van der Waals surface area contributed by atoms with Gasteiger partial charge in [0.15, 0.2) is 0 Å². The van der Waals surface area contributed by atoms with E-state index >= 15 is 0 Å². The minimum Gasteiger partial charge on any atom is -0.487 e. The van der Waals surface area contributed by atoms with Gasteiger partial charge in [0, 0.05) is 51.4 Å². The molecular weight excluding hydrogens is 449 g/mol. The Hall–Kier alpha value is -3.43. The monoisotopic (exact) mass is 479 g/mol. The smallest absolute Gasteiger partial charge is 0.269 e. The zero-order valence-corrected chi connectivity index (χ0v) is 19.6. The molecule has 2 aliphatic rings. The van der Waals surface area contributed by atoms with Crippen molar-refractivity contribution in [2.45, 2.75) is 30.7 Å². The molecule has 184 valence electrons. The number of ether oxygens (including phenoxy) is 1.